The fourth-order valence-corrected chi connectivity index (χ4v) is 7.15. The molecule has 3 fully saturated rings. The number of phenolic OH excluding ortho intramolecular Hbond substituents is 1. The molecule has 3 saturated heterocycles. The van der Waals surface area contributed by atoms with E-state index in [2.05, 4.69) is 27.1 Å². The second kappa shape index (κ2) is 10.3. The Kier molecular flexibility index (Phi) is 6.65. The monoisotopic (exact) mass is 561 g/mol. The van der Waals surface area contributed by atoms with E-state index in [1.165, 1.54) is 0 Å². The second-order valence-electron chi connectivity index (χ2n) is 11.4. The van der Waals surface area contributed by atoms with Crippen LogP contribution in [-0.2, 0) is 0 Å². The van der Waals surface area contributed by atoms with E-state index in [1.807, 2.05) is 24.3 Å². The van der Waals surface area contributed by atoms with Crippen molar-refractivity contribution in [2.24, 2.45) is 0 Å². The highest BCUT2D eigenvalue weighted by Crippen LogP contribution is 2.44. The van der Waals surface area contributed by atoms with Crippen LogP contribution in [0.3, 0.4) is 0 Å². The van der Waals surface area contributed by atoms with Crippen molar-refractivity contribution >= 4 is 39.1 Å². The van der Waals surface area contributed by atoms with E-state index in [-0.39, 0.29) is 39.9 Å². The average molecular weight is 562 g/mol. The summed E-state index contributed by atoms with van der Waals surface area (Å²) in [6.07, 6.45) is 5.30. The van der Waals surface area contributed by atoms with E-state index < -0.39 is 5.82 Å². The first-order valence-electron chi connectivity index (χ1n) is 14.2. The first-order chi connectivity index (χ1) is 19.5. The summed E-state index contributed by atoms with van der Waals surface area (Å²) in [5.74, 6) is 0.195. The number of fused-ring (bicyclic) bond motifs is 4. The maximum absolute atomic E-state index is 16.7. The number of rotatable bonds is 5. The number of benzene rings is 3. The molecule has 40 heavy (non-hydrogen) atoms. The molecule has 1 aromatic heterocycles. The smallest absolute Gasteiger partial charge is 0.319 e. The summed E-state index contributed by atoms with van der Waals surface area (Å²) in [6.45, 7) is 3.29. The van der Waals surface area contributed by atoms with Gasteiger partial charge in [-0.1, -0.05) is 35.9 Å². The molecule has 2 bridgehead atoms. The van der Waals surface area contributed by atoms with Gasteiger partial charge in [0.15, 0.2) is 5.82 Å². The van der Waals surface area contributed by atoms with E-state index in [1.54, 1.807) is 18.2 Å². The highest BCUT2D eigenvalue weighted by Gasteiger charge is 2.38. The molecule has 3 atom stereocenters. The molecule has 0 amide bonds. The van der Waals surface area contributed by atoms with E-state index in [4.69, 9.17) is 21.3 Å². The molecule has 0 aliphatic carbocycles. The van der Waals surface area contributed by atoms with Gasteiger partial charge < -0.3 is 25.0 Å². The van der Waals surface area contributed by atoms with Gasteiger partial charge in [-0.05, 0) is 86.8 Å². The third kappa shape index (κ3) is 4.42. The Balaban J connectivity index is 1.42. The number of nitrogens with one attached hydrogen (secondary N) is 1. The zero-order chi connectivity index (χ0) is 27.4. The van der Waals surface area contributed by atoms with Gasteiger partial charge in [-0.25, -0.2) is 4.39 Å². The lowest BCUT2D eigenvalue weighted by Gasteiger charge is -2.30. The number of likely N-dealkylation sites (N-methyl/N-ethyl adjacent to an activating group) is 1. The molecule has 3 aliphatic heterocycles. The predicted molar refractivity (Wildman–Crippen MR) is 157 cm³/mol. The van der Waals surface area contributed by atoms with Crippen LogP contribution in [0.25, 0.3) is 32.8 Å². The number of hydrogen-bond donors (Lipinski definition) is 2. The maximum Gasteiger partial charge on any atom is 0.319 e. The molecule has 4 heterocycles. The van der Waals surface area contributed by atoms with Crippen LogP contribution >= 0.6 is 11.6 Å². The van der Waals surface area contributed by atoms with Crippen molar-refractivity contribution in [1.29, 1.82) is 0 Å². The molecule has 0 saturated carbocycles. The summed E-state index contributed by atoms with van der Waals surface area (Å²) in [5, 5.41) is 16.5. The van der Waals surface area contributed by atoms with Crippen molar-refractivity contribution in [3.8, 4) is 22.9 Å². The lowest BCUT2D eigenvalue weighted by Crippen LogP contribution is -2.39. The van der Waals surface area contributed by atoms with Crippen LogP contribution in [0.5, 0.6) is 11.8 Å². The molecule has 3 aliphatic rings. The molecule has 7 rings (SSSR count). The number of ether oxygens (including phenoxy) is 1. The first-order valence-corrected chi connectivity index (χ1v) is 14.6. The van der Waals surface area contributed by atoms with Crippen molar-refractivity contribution in [1.82, 2.24) is 20.2 Å². The van der Waals surface area contributed by atoms with Crippen LogP contribution in [0.1, 0.15) is 32.1 Å². The Morgan fingerprint density at radius 2 is 1.93 bits per heavy atom. The van der Waals surface area contributed by atoms with E-state index in [0.717, 1.165) is 62.5 Å². The molecular weight excluding hydrogens is 529 g/mol. The van der Waals surface area contributed by atoms with E-state index in [0.29, 0.717) is 29.4 Å². The number of nitrogens with zero attached hydrogens (tertiary/aromatic N) is 4. The molecule has 7 nitrogen and oxygen atoms in total. The number of anilines is 1. The van der Waals surface area contributed by atoms with Crippen LogP contribution in [0, 0.1) is 5.82 Å². The minimum atomic E-state index is -0.537. The Morgan fingerprint density at radius 3 is 2.77 bits per heavy atom. The van der Waals surface area contributed by atoms with Crippen LogP contribution in [0.4, 0.5) is 10.2 Å². The minimum Gasteiger partial charge on any atom is -0.508 e. The summed E-state index contributed by atoms with van der Waals surface area (Å²) >= 11 is 6.89. The number of likely N-dealkylation sites (tertiary alicyclic amines) is 1. The van der Waals surface area contributed by atoms with Gasteiger partial charge in [0.1, 0.15) is 23.7 Å². The zero-order valence-corrected chi connectivity index (χ0v) is 23.3. The molecule has 4 aromatic rings. The van der Waals surface area contributed by atoms with Crippen molar-refractivity contribution in [3.63, 3.8) is 0 Å². The lowest BCUT2D eigenvalue weighted by atomic mass is 9.96. The van der Waals surface area contributed by atoms with Crippen molar-refractivity contribution in [2.75, 3.05) is 38.2 Å². The highest BCUT2D eigenvalue weighted by molar-refractivity contribution is 6.35. The number of aromatic nitrogens is 2. The third-order valence-electron chi connectivity index (χ3n) is 8.93. The average Bonchev–Trinajstić information content (AvgIpc) is 3.47. The van der Waals surface area contributed by atoms with Gasteiger partial charge >= 0.3 is 6.01 Å². The number of hydrogen-bond acceptors (Lipinski definition) is 7. The van der Waals surface area contributed by atoms with Crippen LogP contribution in [0.2, 0.25) is 5.02 Å². The van der Waals surface area contributed by atoms with E-state index in [9.17, 15) is 5.11 Å². The second-order valence-corrected chi connectivity index (χ2v) is 11.8. The van der Waals surface area contributed by atoms with E-state index >= 15 is 4.39 Å². The van der Waals surface area contributed by atoms with Crippen molar-refractivity contribution in [2.45, 2.75) is 50.2 Å². The van der Waals surface area contributed by atoms with Crippen molar-refractivity contribution < 1.29 is 14.2 Å². The Hall–Kier alpha value is -3.20. The summed E-state index contributed by atoms with van der Waals surface area (Å²) in [5.41, 5.74) is 0.922. The maximum atomic E-state index is 16.7. The predicted octanol–water partition coefficient (Wildman–Crippen LogP) is 5.75. The number of phenols is 1. The Labute approximate surface area is 237 Å². The first kappa shape index (κ1) is 25.7. The van der Waals surface area contributed by atoms with Gasteiger partial charge in [-0.2, -0.15) is 9.97 Å². The van der Waals surface area contributed by atoms with Crippen LogP contribution < -0.4 is 15.0 Å². The van der Waals surface area contributed by atoms with Gasteiger partial charge in [-0.15, -0.1) is 0 Å². The van der Waals surface area contributed by atoms with Crippen LogP contribution in [-0.4, -0.2) is 71.4 Å². The zero-order valence-electron chi connectivity index (χ0n) is 22.5. The van der Waals surface area contributed by atoms with Gasteiger partial charge in [0.05, 0.1) is 5.02 Å². The summed E-state index contributed by atoms with van der Waals surface area (Å²) in [6, 6.07) is 13.6. The van der Waals surface area contributed by atoms with Gasteiger partial charge in [-0.3, -0.25) is 0 Å². The molecule has 0 spiro atoms. The summed E-state index contributed by atoms with van der Waals surface area (Å²) < 4.78 is 22.9. The molecule has 0 radical (unpaired) electrons. The highest BCUT2D eigenvalue weighted by atomic mass is 35.5. The van der Waals surface area contributed by atoms with Gasteiger partial charge in [0.25, 0.3) is 0 Å². The van der Waals surface area contributed by atoms with Crippen LogP contribution in [0.15, 0.2) is 42.5 Å². The molecule has 2 N–H and O–H groups in total. The standard InChI is InChI=1S/C31H33ClFN5O2/c1-37-12-4-6-21(37)17-40-31-35-29-25(30(36-31)38-19-8-9-20(38)16-34-11-10-19)15-26(32)27(28(29)33)24-14-22(39)13-18-5-2-3-7-23(18)24/h2-3,5,7,13-15,19-21,34,39H,4,6,8-12,16-17H2,1H3/t19?,20?,21-/m0/s1. The fourth-order valence-electron chi connectivity index (χ4n) is 6.86. The third-order valence-corrected chi connectivity index (χ3v) is 9.23. The van der Waals surface area contributed by atoms with Gasteiger partial charge in [0.2, 0.25) is 0 Å². The number of halogens is 2. The normalized spacial score (nSPS) is 23.3. The van der Waals surface area contributed by atoms with Gasteiger partial charge in [0, 0.05) is 35.6 Å². The molecular formula is C31H33ClFN5O2. The quantitative estimate of drug-likeness (QED) is 0.321. The molecule has 2 unspecified atom stereocenters. The number of aromatic hydroxyl groups is 1. The van der Waals surface area contributed by atoms with Crippen molar-refractivity contribution in [3.05, 3.63) is 53.3 Å². The molecule has 3 aromatic carbocycles. The fraction of sp³-hybridized carbons (Fsp3) is 0.419. The summed E-state index contributed by atoms with van der Waals surface area (Å²) in [4.78, 5) is 14.2. The lowest BCUT2D eigenvalue weighted by molar-refractivity contribution is 0.188. The SMILES string of the molecule is CN1CCC[C@H]1COc1nc(N2C3CCNCC2CC3)c2cc(Cl)c(-c3cc(O)cc4ccccc34)c(F)c2n1. The topological polar surface area (TPSA) is 73.8 Å². The summed E-state index contributed by atoms with van der Waals surface area (Å²) in [7, 11) is 2.10. The Bertz CT molecular complexity index is 1590. The Morgan fingerprint density at radius 1 is 1.07 bits per heavy atom. The largest absolute Gasteiger partial charge is 0.508 e. The molecule has 9 heteroatoms. The molecule has 208 valence electrons. The minimum absolute atomic E-state index is 0.0472.